The van der Waals surface area contributed by atoms with E-state index in [1.807, 2.05) is 77.2 Å². The number of nitrogens with zero attached hydrogens (tertiary/aromatic N) is 2. The molecule has 0 aliphatic carbocycles. The molecule has 0 spiro atoms. The predicted octanol–water partition coefficient (Wildman–Crippen LogP) is 2.04. The second-order valence-electron chi connectivity index (χ2n) is 7.44. The Morgan fingerprint density at radius 1 is 0.966 bits per heavy atom. The molecule has 156 valence electrons. The van der Waals surface area contributed by atoms with E-state index in [1.54, 1.807) is 0 Å². The Bertz CT molecular complexity index is 878. The van der Waals surface area contributed by atoms with Crippen LogP contribution >= 0.6 is 0 Å². The fraction of sp³-hybridized carbons (Fsp3) is 0.391. The number of hydrogen-bond acceptors (Lipinski definition) is 5. The van der Waals surface area contributed by atoms with Crippen molar-refractivity contribution in [1.29, 1.82) is 0 Å². The highest BCUT2D eigenvalue weighted by molar-refractivity contribution is 5.79. The summed E-state index contributed by atoms with van der Waals surface area (Å²) in [5.74, 6) is 0.711. The zero-order valence-corrected chi connectivity index (χ0v) is 16.8. The van der Waals surface area contributed by atoms with Gasteiger partial charge in [-0.05, 0) is 36.6 Å². The van der Waals surface area contributed by atoms with Crippen LogP contribution in [0.4, 0.5) is 0 Å². The van der Waals surface area contributed by atoms with E-state index in [9.17, 15) is 15.3 Å². The van der Waals surface area contributed by atoms with E-state index in [2.05, 4.69) is 0 Å². The number of hydrogen-bond donors (Lipinski definition) is 3. The summed E-state index contributed by atoms with van der Waals surface area (Å²) in [5.41, 5.74) is 2.23. The first kappa shape index (κ1) is 21.3. The number of aliphatic hydroxyl groups excluding tert-OH is 3. The van der Waals surface area contributed by atoms with Gasteiger partial charge in [-0.3, -0.25) is 4.90 Å². The fourth-order valence-corrected chi connectivity index (χ4v) is 3.46. The number of aliphatic hydroxyl groups is 3. The molecule has 0 saturated heterocycles. The monoisotopic (exact) mass is 398 g/mol. The Kier molecular flexibility index (Phi) is 7.66. The van der Waals surface area contributed by atoms with Crippen LogP contribution in [0.2, 0.25) is 0 Å². The maximum absolute atomic E-state index is 10.6. The third-order valence-corrected chi connectivity index (χ3v) is 4.91. The zero-order chi connectivity index (χ0) is 20.6. The van der Waals surface area contributed by atoms with E-state index in [0.29, 0.717) is 31.9 Å². The molecule has 1 aromatic heterocycles. The topological polar surface area (TPSA) is 78.1 Å². The lowest BCUT2D eigenvalue weighted by Crippen LogP contribution is -2.42. The van der Waals surface area contributed by atoms with Crippen LogP contribution in [0.3, 0.4) is 0 Å². The molecule has 29 heavy (non-hydrogen) atoms. The lowest BCUT2D eigenvalue weighted by molar-refractivity contribution is 0.0351. The van der Waals surface area contributed by atoms with Gasteiger partial charge in [0.2, 0.25) is 0 Å². The molecule has 3 aromatic rings. The van der Waals surface area contributed by atoms with Gasteiger partial charge >= 0.3 is 0 Å². The first-order chi connectivity index (χ1) is 14.0. The van der Waals surface area contributed by atoms with Crippen molar-refractivity contribution in [3.8, 4) is 5.75 Å². The van der Waals surface area contributed by atoms with Crippen molar-refractivity contribution in [3.05, 3.63) is 66.4 Å². The molecule has 0 unspecified atom stereocenters. The van der Waals surface area contributed by atoms with Crippen LogP contribution < -0.4 is 4.74 Å². The van der Waals surface area contributed by atoms with E-state index in [-0.39, 0.29) is 13.2 Å². The van der Waals surface area contributed by atoms with Gasteiger partial charge in [0, 0.05) is 37.9 Å². The van der Waals surface area contributed by atoms with E-state index in [4.69, 9.17) is 4.74 Å². The molecule has 1 heterocycles. The van der Waals surface area contributed by atoms with Crippen molar-refractivity contribution >= 4 is 10.9 Å². The molecule has 3 rings (SSSR count). The minimum absolute atomic E-state index is 0.0370. The minimum Gasteiger partial charge on any atom is -0.491 e. The first-order valence-corrected chi connectivity index (χ1v) is 9.98. The summed E-state index contributed by atoms with van der Waals surface area (Å²) in [6.45, 7) is 3.63. The smallest absolute Gasteiger partial charge is 0.119 e. The highest BCUT2D eigenvalue weighted by atomic mass is 16.5. The van der Waals surface area contributed by atoms with E-state index in [1.165, 1.54) is 0 Å². The van der Waals surface area contributed by atoms with Gasteiger partial charge < -0.3 is 24.6 Å². The highest BCUT2D eigenvalue weighted by Crippen LogP contribution is 2.16. The van der Waals surface area contributed by atoms with Crippen LogP contribution in [-0.2, 0) is 6.54 Å². The third kappa shape index (κ3) is 6.30. The molecule has 0 fully saturated rings. The summed E-state index contributed by atoms with van der Waals surface area (Å²) in [5, 5.41) is 31.4. The van der Waals surface area contributed by atoms with Crippen LogP contribution in [0.15, 0.2) is 60.8 Å². The lowest BCUT2D eigenvalue weighted by atomic mass is 10.2. The van der Waals surface area contributed by atoms with E-state index in [0.717, 1.165) is 16.5 Å². The molecular formula is C23H30N2O4. The Morgan fingerprint density at radius 3 is 2.45 bits per heavy atom. The Morgan fingerprint density at radius 2 is 1.69 bits per heavy atom. The quantitative estimate of drug-likeness (QED) is 0.461. The van der Waals surface area contributed by atoms with Gasteiger partial charge in [0.15, 0.2) is 0 Å². The summed E-state index contributed by atoms with van der Waals surface area (Å²) < 4.78 is 7.66. The predicted molar refractivity (Wildman–Crippen MR) is 114 cm³/mol. The molecule has 2 aromatic carbocycles. The summed E-state index contributed by atoms with van der Waals surface area (Å²) in [7, 11) is 0. The average Bonchev–Trinajstić information content (AvgIpc) is 3.10. The number of benzene rings is 2. The molecular weight excluding hydrogens is 368 g/mol. The van der Waals surface area contributed by atoms with Crippen molar-refractivity contribution in [3.63, 3.8) is 0 Å². The molecule has 0 bridgehead atoms. The number of ether oxygens (including phenoxy) is 1. The fourth-order valence-electron chi connectivity index (χ4n) is 3.46. The highest BCUT2D eigenvalue weighted by Gasteiger charge is 2.17. The van der Waals surface area contributed by atoms with Crippen LogP contribution in [0.25, 0.3) is 10.9 Å². The van der Waals surface area contributed by atoms with Gasteiger partial charge in [-0.1, -0.05) is 35.9 Å². The molecule has 0 aliphatic rings. The van der Waals surface area contributed by atoms with E-state index < -0.39 is 12.2 Å². The summed E-state index contributed by atoms with van der Waals surface area (Å²) >= 11 is 0. The molecule has 6 nitrogen and oxygen atoms in total. The van der Waals surface area contributed by atoms with Crippen LogP contribution in [0, 0.1) is 6.92 Å². The number of para-hydroxylation sites is 1. The molecule has 0 amide bonds. The average molecular weight is 399 g/mol. The molecule has 0 aliphatic heterocycles. The van der Waals surface area contributed by atoms with Crippen LogP contribution in [0.5, 0.6) is 5.75 Å². The number of aromatic nitrogens is 1. The van der Waals surface area contributed by atoms with Gasteiger partial charge in [0.05, 0.1) is 12.7 Å². The number of aryl methyl sites for hydroxylation is 1. The van der Waals surface area contributed by atoms with Crippen molar-refractivity contribution in [2.45, 2.75) is 25.7 Å². The summed E-state index contributed by atoms with van der Waals surface area (Å²) in [6, 6.07) is 17.7. The Labute approximate surface area is 171 Å². The van der Waals surface area contributed by atoms with Crippen molar-refractivity contribution in [2.24, 2.45) is 0 Å². The molecule has 0 radical (unpaired) electrons. The third-order valence-electron chi connectivity index (χ3n) is 4.91. The lowest BCUT2D eigenvalue weighted by Gasteiger charge is -2.27. The normalized spacial score (nSPS) is 13.7. The standard InChI is InChI=1S/C23H30N2O4/c1-18-6-8-22(9-7-18)29-17-21(28)15-24(12-13-26)14-20(27)16-25-11-10-19-4-2-3-5-23(19)25/h2-11,20-21,26-28H,12-17H2,1H3/t20-,21+/m0/s1. The SMILES string of the molecule is Cc1ccc(OC[C@H](O)CN(CCO)C[C@H](O)Cn2ccc3ccccc32)cc1. The number of rotatable bonds is 11. The second-order valence-corrected chi connectivity index (χ2v) is 7.44. The van der Waals surface area contributed by atoms with Gasteiger partial charge in [-0.25, -0.2) is 0 Å². The Balaban J connectivity index is 1.51. The minimum atomic E-state index is -0.720. The van der Waals surface area contributed by atoms with Crippen LogP contribution in [-0.4, -0.2) is 69.8 Å². The first-order valence-electron chi connectivity index (χ1n) is 9.98. The second kappa shape index (κ2) is 10.4. The number of fused-ring (bicyclic) bond motifs is 1. The summed E-state index contributed by atoms with van der Waals surface area (Å²) in [4.78, 5) is 1.86. The molecule has 0 saturated carbocycles. The van der Waals surface area contributed by atoms with Crippen molar-refractivity contribution < 1.29 is 20.1 Å². The van der Waals surface area contributed by atoms with Crippen LogP contribution in [0.1, 0.15) is 5.56 Å². The summed E-state index contributed by atoms with van der Waals surface area (Å²) in [6.07, 6.45) is 0.624. The molecule has 6 heteroatoms. The van der Waals surface area contributed by atoms with Crippen molar-refractivity contribution in [2.75, 3.05) is 32.8 Å². The van der Waals surface area contributed by atoms with Crippen molar-refractivity contribution in [1.82, 2.24) is 9.47 Å². The zero-order valence-electron chi connectivity index (χ0n) is 16.8. The maximum Gasteiger partial charge on any atom is 0.119 e. The van der Waals surface area contributed by atoms with Gasteiger partial charge in [0.1, 0.15) is 18.5 Å². The van der Waals surface area contributed by atoms with Gasteiger partial charge in [-0.15, -0.1) is 0 Å². The maximum atomic E-state index is 10.6. The van der Waals surface area contributed by atoms with E-state index >= 15 is 0 Å². The molecule has 2 atom stereocenters. The largest absolute Gasteiger partial charge is 0.491 e. The van der Waals surface area contributed by atoms with Gasteiger partial charge in [0.25, 0.3) is 0 Å². The van der Waals surface area contributed by atoms with Gasteiger partial charge in [-0.2, -0.15) is 0 Å². The molecule has 3 N–H and O–H groups in total. The Hall–Kier alpha value is -2.38.